The summed E-state index contributed by atoms with van der Waals surface area (Å²) in [5, 5.41) is 3.47. The van der Waals surface area contributed by atoms with E-state index in [4.69, 9.17) is 16.3 Å². The molecule has 0 radical (unpaired) electrons. The van der Waals surface area contributed by atoms with Crippen molar-refractivity contribution in [1.82, 2.24) is 5.32 Å². The predicted molar refractivity (Wildman–Crippen MR) is 75.0 cm³/mol. The van der Waals surface area contributed by atoms with Crippen LogP contribution in [0.25, 0.3) is 0 Å². The highest BCUT2D eigenvalue weighted by Gasteiger charge is 2.17. The molecule has 1 aromatic rings. The highest BCUT2D eigenvalue weighted by atomic mass is 79.9. The van der Waals surface area contributed by atoms with E-state index < -0.39 is 0 Å². The van der Waals surface area contributed by atoms with Gasteiger partial charge in [-0.1, -0.05) is 15.9 Å². The molecule has 0 saturated heterocycles. The summed E-state index contributed by atoms with van der Waals surface area (Å²) in [5.74, 6) is 1.76. The second kappa shape index (κ2) is 6.07. The third kappa shape index (κ3) is 3.36. The SMILES string of the molecule is CC(CCCl)NCc1cc(Br)cc2c1OCC2. The largest absolute Gasteiger partial charge is 0.493 e. The van der Waals surface area contributed by atoms with Crippen LogP contribution in [-0.2, 0) is 13.0 Å². The van der Waals surface area contributed by atoms with Crippen LogP contribution in [0.3, 0.4) is 0 Å². The molecule has 1 aliphatic heterocycles. The van der Waals surface area contributed by atoms with Crippen molar-refractivity contribution in [3.8, 4) is 5.75 Å². The first-order valence-electron chi connectivity index (χ1n) is 5.94. The maximum absolute atomic E-state index is 5.72. The van der Waals surface area contributed by atoms with E-state index in [-0.39, 0.29) is 0 Å². The van der Waals surface area contributed by atoms with E-state index in [1.807, 2.05) is 0 Å². The van der Waals surface area contributed by atoms with E-state index in [1.165, 1.54) is 11.1 Å². The monoisotopic (exact) mass is 317 g/mol. The minimum absolute atomic E-state index is 0.434. The molecule has 0 amide bonds. The van der Waals surface area contributed by atoms with Gasteiger partial charge in [-0.3, -0.25) is 0 Å². The Morgan fingerprint density at radius 3 is 3.12 bits per heavy atom. The van der Waals surface area contributed by atoms with Crippen LogP contribution in [0, 0.1) is 0 Å². The molecule has 1 aliphatic rings. The van der Waals surface area contributed by atoms with Gasteiger partial charge in [-0.15, -0.1) is 11.6 Å². The van der Waals surface area contributed by atoms with Crippen molar-refractivity contribution in [3.05, 3.63) is 27.7 Å². The van der Waals surface area contributed by atoms with E-state index in [9.17, 15) is 0 Å². The van der Waals surface area contributed by atoms with Crippen LogP contribution in [-0.4, -0.2) is 18.5 Å². The lowest BCUT2D eigenvalue weighted by Crippen LogP contribution is -2.26. The number of hydrogen-bond acceptors (Lipinski definition) is 2. The van der Waals surface area contributed by atoms with Crippen molar-refractivity contribution < 1.29 is 4.74 Å². The molecule has 0 aliphatic carbocycles. The van der Waals surface area contributed by atoms with Crippen molar-refractivity contribution >= 4 is 27.5 Å². The minimum Gasteiger partial charge on any atom is -0.493 e. The number of benzene rings is 1. The Morgan fingerprint density at radius 2 is 2.35 bits per heavy atom. The van der Waals surface area contributed by atoms with Crippen LogP contribution < -0.4 is 10.1 Å². The molecule has 0 spiro atoms. The quantitative estimate of drug-likeness (QED) is 0.839. The fourth-order valence-electron chi connectivity index (χ4n) is 2.03. The van der Waals surface area contributed by atoms with Crippen molar-refractivity contribution in [3.63, 3.8) is 0 Å². The lowest BCUT2D eigenvalue weighted by atomic mass is 10.1. The van der Waals surface area contributed by atoms with Crippen LogP contribution in [0.4, 0.5) is 0 Å². The zero-order valence-electron chi connectivity index (χ0n) is 9.93. The number of hydrogen-bond donors (Lipinski definition) is 1. The third-order valence-electron chi connectivity index (χ3n) is 3.01. The maximum Gasteiger partial charge on any atom is 0.127 e. The van der Waals surface area contributed by atoms with Gasteiger partial charge in [-0.2, -0.15) is 0 Å². The van der Waals surface area contributed by atoms with Gasteiger partial charge in [0.05, 0.1) is 6.61 Å². The Hall–Kier alpha value is -0.250. The molecule has 0 saturated carbocycles. The number of halogens is 2. The Bertz CT molecular complexity index is 397. The maximum atomic E-state index is 5.72. The Labute approximate surface area is 116 Å². The summed E-state index contributed by atoms with van der Waals surface area (Å²) in [5.41, 5.74) is 2.54. The topological polar surface area (TPSA) is 21.3 Å². The average Bonchev–Trinajstić information content (AvgIpc) is 2.74. The normalized spacial score (nSPS) is 15.5. The Morgan fingerprint density at radius 1 is 1.53 bits per heavy atom. The molecule has 0 bridgehead atoms. The minimum atomic E-state index is 0.434. The molecule has 4 heteroatoms. The van der Waals surface area contributed by atoms with Crippen LogP contribution in [0.1, 0.15) is 24.5 Å². The molecule has 17 heavy (non-hydrogen) atoms. The first-order valence-corrected chi connectivity index (χ1v) is 7.27. The van der Waals surface area contributed by atoms with Crippen LogP contribution in [0.5, 0.6) is 5.75 Å². The van der Waals surface area contributed by atoms with Crippen molar-refractivity contribution in [2.45, 2.75) is 32.4 Å². The molecule has 1 N–H and O–H groups in total. The number of alkyl halides is 1. The second-order valence-corrected chi connectivity index (χ2v) is 5.70. The fraction of sp³-hybridized carbons (Fsp3) is 0.538. The predicted octanol–water partition coefficient (Wildman–Crippen LogP) is 3.49. The molecule has 1 heterocycles. The molecule has 2 nitrogen and oxygen atoms in total. The first kappa shape index (κ1) is 13.2. The zero-order valence-corrected chi connectivity index (χ0v) is 12.3. The van der Waals surface area contributed by atoms with E-state index in [0.717, 1.165) is 36.2 Å². The van der Waals surface area contributed by atoms with Crippen LogP contribution in [0.15, 0.2) is 16.6 Å². The summed E-state index contributed by atoms with van der Waals surface area (Å²) in [6, 6.07) is 4.71. The van der Waals surface area contributed by atoms with E-state index >= 15 is 0 Å². The lowest BCUT2D eigenvalue weighted by Gasteiger charge is -2.14. The number of nitrogens with one attached hydrogen (secondary N) is 1. The molecule has 1 aromatic carbocycles. The molecular weight excluding hydrogens is 302 g/mol. The zero-order chi connectivity index (χ0) is 12.3. The van der Waals surface area contributed by atoms with Crippen LogP contribution >= 0.6 is 27.5 Å². The summed E-state index contributed by atoms with van der Waals surface area (Å²) >= 11 is 9.27. The molecular formula is C13H17BrClNO. The number of fused-ring (bicyclic) bond motifs is 1. The highest BCUT2D eigenvalue weighted by molar-refractivity contribution is 9.10. The average molecular weight is 319 g/mol. The first-order chi connectivity index (χ1) is 8.20. The van der Waals surface area contributed by atoms with Crippen LogP contribution in [0.2, 0.25) is 0 Å². The third-order valence-corrected chi connectivity index (χ3v) is 3.68. The summed E-state index contributed by atoms with van der Waals surface area (Å²) < 4.78 is 6.82. The van der Waals surface area contributed by atoms with E-state index in [0.29, 0.717) is 11.9 Å². The van der Waals surface area contributed by atoms with Crippen molar-refractivity contribution in [2.24, 2.45) is 0 Å². The Balaban J connectivity index is 2.05. The van der Waals surface area contributed by atoms with Crippen molar-refractivity contribution in [2.75, 3.05) is 12.5 Å². The molecule has 0 fully saturated rings. The van der Waals surface area contributed by atoms with Gasteiger partial charge in [0.2, 0.25) is 0 Å². The number of rotatable bonds is 5. The molecule has 1 unspecified atom stereocenters. The lowest BCUT2D eigenvalue weighted by molar-refractivity contribution is 0.351. The van der Waals surface area contributed by atoms with Crippen molar-refractivity contribution in [1.29, 1.82) is 0 Å². The van der Waals surface area contributed by atoms with Gasteiger partial charge in [-0.05, 0) is 31.0 Å². The van der Waals surface area contributed by atoms with Gasteiger partial charge >= 0.3 is 0 Å². The fourth-order valence-corrected chi connectivity index (χ4v) is 2.91. The van der Waals surface area contributed by atoms with E-state index in [2.05, 4.69) is 40.3 Å². The van der Waals surface area contributed by atoms with Gasteiger partial charge in [0.15, 0.2) is 0 Å². The smallest absolute Gasteiger partial charge is 0.127 e. The second-order valence-electron chi connectivity index (χ2n) is 4.41. The summed E-state index contributed by atoms with van der Waals surface area (Å²) in [4.78, 5) is 0. The summed E-state index contributed by atoms with van der Waals surface area (Å²) in [7, 11) is 0. The summed E-state index contributed by atoms with van der Waals surface area (Å²) in [6.07, 6.45) is 2.00. The van der Waals surface area contributed by atoms with E-state index in [1.54, 1.807) is 0 Å². The van der Waals surface area contributed by atoms with Gasteiger partial charge in [0.25, 0.3) is 0 Å². The van der Waals surface area contributed by atoms with Gasteiger partial charge in [-0.25, -0.2) is 0 Å². The molecule has 2 rings (SSSR count). The molecule has 1 atom stereocenters. The van der Waals surface area contributed by atoms with Gasteiger partial charge in [0.1, 0.15) is 5.75 Å². The van der Waals surface area contributed by atoms with Gasteiger partial charge in [0, 0.05) is 34.9 Å². The summed E-state index contributed by atoms with van der Waals surface area (Å²) in [6.45, 7) is 3.79. The number of ether oxygens (including phenoxy) is 1. The highest BCUT2D eigenvalue weighted by Crippen LogP contribution is 2.32. The Kier molecular flexibility index (Phi) is 4.71. The standard InChI is InChI=1S/C13H17BrClNO/c1-9(2-4-15)16-8-11-7-12(14)6-10-3-5-17-13(10)11/h6-7,9,16H,2-5,8H2,1H3. The molecule has 0 aromatic heterocycles. The molecule has 94 valence electrons. The van der Waals surface area contributed by atoms with Gasteiger partial charge < -0.3 is 10.1 Å².